The summed E-state index contributed by atoms with van der Waals surface area (Å²) >= 11 is 0. The van der Waals surface area contributed by atoms with Gasteiger partial charge in [0.05, 0.1) is 12.5 Å². The molecule has 0 bridgehead atoms. The Morgan fingerprint density at radius 2 is 1.96 bits per heavy atom. The fourth-order valence-electron chi connectivity index (χ4n) is 3.80. The lowest BCUT2D eigenvalue weighted by Gasteiger charge is -2.34. The van der Waals surface area contributed by atoms with Crippen molar-refractivity contribution < 1.29 is 14.3 Å². The summed E-state index contributed by atoms with van der Waals surface area (Å²) in [5.41, 5.74) is 1.25. The van der Waals surface area contributed by atoms with E-state index in [1.165, 1.54) is 5.56 Å². The highest BCUT2D eigenvalue weighted by Crippen LogP contribution is 2.34. The highest BCUT2D eigenvalue weighted by molar-refractivity contribution is 5.89. The molecule has 0 spiro atoms. The zero-order chi connectivity index (χ0) is 17.1. The van der Waals surface area contributed by atoms with Gasteiger partial charge < -0.3 is 14.5 Å². The molecule has 0 N–H and O–H groups in total. The van der Waals surface area contributed by atoms with Crippen molar-refractivity contribution in [2.75, 3.05) is 33.3 Å². The van der Waals surface area contributed by atoms with E-state index in [0.717, 1.165) is 31.7 Å². The van der Waals surface area contributed by atoms with E-state index in [1.54, 1.807) is 11.9 Å². The first-order chi connectivity index (χ1) is 11.6. The molecular formula is C19H26N2O3. The van der Waals surface area contributed by atoms with E-state index in [2.05, 4.69) is 12.1 Å². The second-order valence-electron chi connectivity index (χ2n) is 6.75. The minimum Gasteiger partial charge on any atom is -0.494 e. The zero-order valence-corrected chi connectivity index (χ0v) is 14.5. The van der Waals surface area contributed by atoms with Gasteiger partial charge in [-0.15, -0.1) is 0 Å². The first-order valence-corrected chi connectivity index (χ1v) is 8.84. The predicted octanol–water partition coefficient (Wildman–Crippen LogP) is 2.27. The van der Waals surface area contributed by atoms with E-state index in [9.17, 15) is 9.59 Å². The van der Waals surface area contributed by atoms with Crippen LogP contribution in [0.4, 0.5) is 0 Å². The molecule has 0 radical (unpaired) electrons. The van der Waals surface area contributed by atoms with Crippen molar-refractivity contribution in [3.05, 3.63) is 29.8 Å². The number of carbonyl (C=O) groups excluding carboxylic acids is 2. The van der Waals surface area contributed by atoms with Crippen LogP contribution in [0.25, 0.3) is 0 Å². The topological polar surface area (TPSA) is 49.9 Å². The first-order valence-electron chi connectivity index (χ1n) is 8.84. The number of piperidine rings is 1. The monoisotopic (exact) mass is 330 g/mol. The van der Waals surface area contributed by atoms with Crippen LogP contribution in [0.1, 0.15) is 37.7 Å². The summed E-state index contributed by atoms with van der Waals surface area (Å²) in [7, 11) is 1.77. The van der Waals surface area contributed by atoms with Crippen molar-refractivity contribution in [2.24, 2.45) is 5.92 Å². The number of ether oxygens (including phenoxy) is 1. The predicted molar refractivity (Wildman–Crippen MR) is 91.9 cm³/mol. The van der Waals surface area contributed by atoms with Gasteiger partial charge in [0.2, 0.25) is 11.8 Å². The molecule has 0 aliphatic carbocycles. The summed E-state index contributed by atoms with van der Waals surface area (Å²) < 4.78 is 5.75. The summed E-state index contributed by atoms with van der Waals surface area (Å²) in [5.74, 6) is 1.46. The van der Waals surface area contributed by atoms with E-state index in [1.807, 2.05) is 24.0 Å². The van der Waals surface area contributed by atoms with E-state index >= 15 is 0 Å². The van der Waals surface area contributed by atoms with Crippen molar-refractivity contribution in [1.82, 2.24) is 9.80 Å². The summed E-state index contributed by atoms with van der Waals surface area (Å²) in [4.78, 5) is 27.9. The second kappa shape index (κ2) is 7.24. The number of nitrogens with zero attached hydrogens (tertiary/aromatic N) is 2. The molecule has 1 aromatic rings. The minimum absolute atomic E-state index is 0.0777. The lowest BCUT2D eigenvalue weighted by Crippen LogP contribution is -2.42. The smallest absolute Gasteiger partial charge is 0.227 e. The van der Waals surface area contributed by atoms with Gasteiger partial charge in [-0.2, -0.15) is 0 Å². The summed E-state index contributed by atoms with van der Waals surface area (Å²) in [6.07, 6.45) is 2.26. The van der Waals surface area contributed by atoms with Gasteiger partial charge in [-0.25, -0.2) is 0 Å². The maximum Gasteiger partial charge on any atom is 0.227 e. The number of rotatable bonds is 4. The van der Waals surface area contributed by atoms with Crippen LogP contribution in [0.15, 0.2) is 24.3 Å². The van der Waals surface area contributed by atoms with Crippen LogP contribution < -0.4 is 4.74 Å². The van der Waals surface area contributed by atoms with Crippen LogP contribution in [0.3, 0.4) is 0 Å². The van der Waals surface area contributed by atoms with Crippen LogP contribution in [-0.2, 0) is 9.59 Å². The first kappa shape index (κ1) is 16.8. The van der Waals surface area contributed by atoms with Crippen LogP contribution in [-0.4, -0.2) is 54.9 Å². The van der Waals surface area contributed by atoms with Gasteiger partial charge in [0, 0.05) is 33.1 Å². The number of amides is 2. The molecule has 130 valence electrons. The van der Waals surface area contributed by atoms with Crippen molar-refractivity contribution in [3.8, 4) is 5.75 Å². The molecule has 24 heavy (non-hydrogen) atoms. The number of carbonyl (C=O) groups is 2. The molecule has 2 heterocycles. The van der Waals surface area contributed by atoms with Crippen LogP contribution in [0, 0.1) is 5.92 Å². The van der Waals surface area contributed by atoms with Gasteiger partial charge in [0.1, 0.15) is 5.75 Å². The molecule has 5 heteroatoms. The average Bonchev–Trinajstić information content (AvgIpc) is 2.94. The van der Waals surface area contributed by atoms with Gasteiger partial charge in [0.25, 0.3) is 0 Å². The Hall–Kier alpha value is -2.04. The molecule has 3 rings (SSSR count). The highest BCUT2D eigenvalue weighted by Gasteiger charge is 2.36. The number of para-hydroxylation sites is 1. The number of likely N-dealkylation sites (tertiary alicyclic amines) is 2. The molecular weight excluding hydrogens is 304 g/mol. The van der Waals surface area contributed by atoms with E-state index in [0.29, 0.717) is 25.5 Å². The number of hydrogen-bond acceptors (Lipinski definition) is 3. The maximum absolute atomic E-state index is 12.6. The average molecular weight is 330 g/mol. The molecule has 0 saturated carbocycles. The lowest BCUT2D eigenvalue weighted by molar-refractivity contribution is -0.136. The number of hydrogen-bond donors (Lipinski definition) is 0. The lowest BCUT2D eigenvalue weighted by atomic mass is 9.88. The molecule has 2 saturated heterocycles. The maximum atomic E-state index is 12.6. The largest absolute Gasteiger partial charge is 0.494 e. The highest BCUT2D eigenvalue weighted by atomic mass is 16.5. The Bertz CT molecular complexity index is 608. The molecule has 2 fully saturated rings. The van der Waals surface area contributed by atoms with E-state index < -0.39 is 0 Å². The van der Waals surface area contributed by atoms with Gasteiger partial charge in [0.15, 0.2) is 0 Å². The number of benzene rings is 1. The van der Waals surface area contributed by atoms with Gasteiger partial charge in [-0.3, -0.25) is 9.59 Å². The van der Waals surface area contributed by atoms with E-state index in [-0.39, 0.29) is 17.7 Å². The molecule has 1 atom stereocenters. The normalized spacial score (nSPS) is 22.1. The second-order valence-corrected chi connectivity index (χ2v) is 6.75. The molecule has 2 aliphatic rings. The van der Waals surface area contributed by atoms with E-state index in [4.69, 9.17) is 4.74 Å². The fourth-order valence-corrected chi connectivity index (χ4v) is 3.80. The minimum atomic E-state index is -0.158. The summed E-state index contributed by atoms with van der Waals surface area (Å²) in [6.45, 7) is 4.75. The third-order valence-electron chi connectivity index (χ3n) is 5.16. The molecule has 2 amide bonds. The van der Waals surface area contributed by atoms with Crippen molar-refractivity contribution >= 4 is 11.8 Å². The van der Waals surface area contributed by atoms with Crippen LogP contribution in [0.5, 0.6) is 5.75 Å². The zero-order valence-electron chi connectivity index (χ0n) is 14.5. The Balaban J connectivity index is 1.60. The Morgan fingerprint density at radius 1 is 1.25 bits per heavy atom. The third-order valence-corrected chi connectivity index (χ3v) is 5.16. The van der Waals surface area contributed by atoms with Gasteiger partial charge in [-0.1, -0.05) is 18.2 Å². The van der Waals surface area contributed by atoms with Gasteiger partial charge in [-0.05, 0) is 37.3 Å². The molecule has 0 aromatic heterocycles. The third kappa shape index (κ3) is 3.40. The van der Waals surface area contributed by atoms with Crippen molar-refractivity contribution in [3.63, 3.8) is 0 Å². The quantitative estimate of drug-likeness (QED) is 0.851. The van der Waals surface area contributed by atoms with Crippen molar-refractivity contribution in [2.45, 2.75) is 32.1 Å². The molecule has 5 nitrogen and oxygen atoms in total. The summed E-state index contributed by atoms with van der Waals surface area (Å²) in [6, 6.07) is 8.21. The Kier molecular flexibility index (Phi) is 5.07. The molecule has 0 unspecified atom stereocenters. The van der Waals surface area contributed by atoms with Gasteiger partial charge >= 0.3 is 0 Å². The Labute approximate surface area is 143 Å². The van der Waals surface area contributed by atoms with Crippen LogP contribution in [0.2, 0.25) is 0 Å². The fraction of sp³-hybridized carbons (Fsp3) is 0.579. The standard InChI is InChI=1S/C19H26N2O3/c1-3-24-17-7-5-4-6-16(17)14-8-10-21(11-9-14)19(23)15-12-18(22)20(2)13-15/h4-7,14-15H,3,8-13H2,1-2H3/t15-/m1/s1. The summed E-state index contributed by atoms with van der Waals surface area (Å²) in [5, 5.41) is 0. The molecule has 2 aliphatic heterocycles. The SMILES string of the molecule is CCOc1ccccc1C1CCN(C(=O)[C@@H]2CC(=O)N(C)C2)CC1. The molecule has 1 aromatic carbocycles. The Morgan fingerprint density at radius 3 is 2.58 bits per heavy atom. The van der Waals surface area contributed by atoms with Crippen molar-refractivity contribution in [1.29, 1.82) is 0 Å². The van der Waals surface area contributed by atoms with Crippen LogP contribution >= 0.6 is 0 Å².